The van der Waals surface area contributed by atoms with E-state index in [1.807, 2.05) is 42.3 Å². The Hall–Kier alpha value is -1.33. The van der Waals surface area contributed by atoms with Crippen LogP contribution in [0.5, 0.6) is 0 Å². The lowest BCUT2D eigenvalue weighted by Gasteiger charge is -2.21. The molecular formula is C15H23IN4O3S. The number of guanidine groups is 1. The van der Waals surface area contributed by atoms with Crippen LogP contribution in [0.15, 0.2) is 39.7 Å². The van der Waals surface area contributed by atoms with Gasteiger partial charge in [-0.3, -0.25) is 4.99 Å². The third-order valence-corrected chi connectivity index (χ3v) is 3.94. The maximum atomic E-state index is 11.0. The highest BCUT2D eigenvalue weighted by Gasteiger charge is 2.10. The Morgan fingerprint density at radius 2 is 2.00 bits per heavy atom. The van der Waals surface area contributed by atoms with E-state index in [9.17, 15) is 8.42 Å². The van der Waals surface area contributed by atoms with Crippen molar-refractivity contribution in [2.75, 3.05) is 33.4 Å². The van der Waals surface area contributed by atoms with Gasteiger partial charge in [0.25, 0.3) is 0 Å². The van der Waals surface area contributed by atoms with E-state index in [2.05, 4.69) is 15.0 Å². The van der Waals surface area contributed by atoms with Crippen molar-refractivity contribution in [2.45, 2.75) is 6.54 Å². The molecule has 134 valence electrons. The van der Waals surface area contributed by atoms with E-state index in [-0.39, 0.29) is 24.0 Å². The second-order valence-electron chi connectivity index (χ2n) is 5.25. The summed E-state index contributed by atoms with van der Waals surface area (Å²) in [7, 11) is 0.406. The van der Waals surface area contributed by atoms with E-state index in [4.69, 9.17) is 4.42 Å². The largest absolute Gasteiger partial charge is 0.459 e. The molecule has 0 aliphatic carbocycles. The second-order valence-corrected chi connectivity index (χ2v) is 7.08. The number of para-hydroxylation sites is 1. The zero-order valence-electron chi connectivity index (χ0n) is 13.9. The van der Waals surface area contributed by atoms with Crippen molar-refractivity contribution in [3.63, 3.8) is 0 Å². The summed E-state index contributed by atoms with van der Waals surface area (Å²) in [5.74, 6) is 1.51. The highest BCUT2D eigenvalue weighted by Crippen LogP contribution is 2.19. The third-order valence-electron chi connectivity index (χ3n) is 3.22. The first-order valence-electron chi connectivity index (χ1n) is 7.23. The van der Waals surface area contributed by atoms with Crippen LogP contribution >= 0.6 is 24.0 Å². The molecule has 0 unspecified atom stereocenters. The van der Waals surface area contributed by atoms with E-state index in [1.54, 1.807) is 7.05 Å². The fourth-order valence-electron chi connectivity index (χ4n) is 2.22. The molecule has 2 rings (SSSR count). The van der Waals surface area contributed by atoms with Crippen LogP contribution in [0.2, 0.25) is 0 Å². The molecule has 0 aliphatic heterocycles. The lowest BCUT2D eigenvalue weighted by atomic mass is 10.2. The lowest BCUT2D eigenvalue weighted by molar-refractivity contribution is 0.413. The van der Waals surface area contributed by atoms with E-state index in [1.165, 1.54) is 0 Å². The Morgan fingerprint density at radius 1 is 1.29 bits per heavy atom. The molecule has 0 bridgehead atoms. The Labute approximate surface area is 159 Å². The van der Waals surface area contributed by atoms with E-state index in [0.717, 1.165) is 23.0 Å². The summed E-state index contributed by atoms with van der Waals surface area (Å²) in [5, 5.41) is 4.17. The molecule has 1 aromatic heterocycles. The maximum Gasteiger partial charge on any atom is 0.208 e. The van der Waals surface area contributed by atoms with Crippen molar-refractivity contribution in [3.05, 3.63) is 36.1 Å². The summed E-state index contributed by atoms with van der Waals surface area (Å²) in [6.07, 6.45) is 1.13. The van der Waals surface area contributed by atoms with Gasteiger partial charge < -0.3 is 14.6 Å². The first-order chi connectivity index (χ1) is 10.9. The molecule has 0 fully saturated rings. The van der Waals surface area contributed by atoms with Crippen LogP contribution in [0.3, 0.4) is 0 Å². The van der Waals surface area contributed by atoms with Gasteiger partial charge in [0.05, 0.1) is 12.8 Å². The molecule has 9 heteroatoms. The third kappa shape index (κ3) is 6.29. The number of fused-ring (bicyclic) bond motifs is 1. The number of hydrogen-bond donors (Lipinski definition) is 2. The first kappa shape index (κ1) is 20.7. The molecule has 1 aromatic carbocycles. The van der Waals surface area contributed by atoms with Crippen LogP contribution in [-0.2, 0) is 16.6 Å². The average molecular weight is 466 g/mol. The fourth-order valence-corrected chi connectivity index (χ4v) is 2.69. The van der Waals surface area contributed by atoms with Crippen LogP contribution in [0.25, 0.3) is 11.0 Å². The molecule has 2 aromatic rings. The molecule has 1 heterocycles. The van der Waals surface area contributed by atoms with E-state index in [0.29, 0.717) is 25.6 Å². The summed E-state index contributed by atoms with van der Waals surface area (Å²) in [4.78, 5) is 6.10. The van der Waals surface area contributed by atoms with Crippen LogP contribution in [0.4, 0.5) is 0 Å². The minimum Gasteiger partial charge on any atom is -0.459 e. The van der Waals surface area contributed by atoms with Gasteiger partial charge in [-0.15, -0.1) is 24.0 Å². The normalized spacial score (nSPS) is 12.0. The van der Waals surface area contributed by atoms with Gasteiger partial charge >= 0.3 is 0 Å². The van der Waals surface area contributed by atoms with Crippen molar-refractivity contribution in [2.24, 2.45) is 4.99 Å². The van der Waals surface area contributed by atoms with Gasteiger partial charge in [0.2, 0.25) is 10.0 Å². The Morgan fingerprint density at radius 3 is 2.62 bits per heavy atom. The summed E-state index contributed by atoms with van der Waals surface area (Å²) in [5.41, 5.74) is 0.858. The van der Waals surface area contributed by atoms with Crippen LogP contribution in [-0.4, -0.2) is 52.7 Å². The Bertz CT molecular complexity index is 756. The molecule has 0 atom stereocenters. The molecule has 0 radical (unpaired) electrons. The van der Waals surface area contributed by atoms with E-state index >= 15 is 0 Å². The van der Waals surface area contributed by atoms with Gasteiger partial charge in [0.15, 0.2) is 5.96 Å². The van der Waals surface area contributed by atoms with Gasteiger partial charge in [-0.25, -0.2) is 13.1 Å². The molecule has 7 nitrogen and oxygen atoms in total. The molecule has 0 saturated carbocycles. The summed E-state index contributed by atoms with van der Waals surface area (Å²) < 4.78 is 30.2. The minimum absolute atomic E-state index is 0. The molecule has 0 spiro atoms. The average Bonchev–Trinajstić information content (AvgIpc) is 2.88. The molecule has 0 saturated heterocycles. The quantitative estimate of drug-likeness (QED) is 0.293. The number of hydrogen-bond acceptors (Lipinski definition) is 4. The summed E-state index contributed by atoms with van der Waals surface area (Å²) in [6.45, 7) is 1.31. The highest BCUT2D eigenvalue weighted by atomic mass is 127. The van der Waals surface area contributed by atoms with E-state index < -0.39 is 10.0 Å². The van der Waals surface area contributed by atoms with Crippen molar-refractivity contribution < 1.29 is 12.8 Å². The van der Waals surface area contributed by atoms with Crippen LogP contribution in [0.1, 0.15) is 5.76 Å². The number of nitrogens with one attached hydrogen (secondary N) is 2. The molecule has 24 heavy (non-hydrogen) atoms. The number of benzene rings is 1. The summed E-state index contributed by atoms with van der Waals surface area (Å²) in [6, 6.07) is 9.86. The predicted octanol–water partition coefficient (Wildman–Crippen LogP) is 1.61. The number of rotatable bonds is 6. The maximum absolute atomic E-state index is 11.0. The molecular weight excluding hydrogens is 443 g/mol. The first-order valence-corrected chi connectivity index (χ1v) is 9.12. The fraction of sp³-hybridized carbons (Fsp3) is 0.400. The van der Waals surface area contributed by atoms with Crippen molar-refractivity contribution in [1.29, 1.82) is 0 Å². The lowest BCUT2D eigenvalue weighted by Crippen LogP contribution is -2.42. The standard InChI is InChI=1S/C15H22N4O3S.HI/c1-16-15(17-8-9-18-23(3,20)21)19(2)11-13-10-12-6-4-5-7-14(12)22-13;/h4-7,10,18H,8-9,11H2,1-3H3,(H,16,17);1H. The Balaban J connectivity index is 0.00000288. The Kier molecular flexibility index (Phi) is 7.97. The van der Waals surface area contributed by atoms with Crippen molar-refractivity contribution in [3.8, 4) is 0 Å². The number of nitrogens with zero attached hydrogens (tertiary/aromatic N) is 2. The van der Waals surface area contributed by atoms with Crippen molar-refractivity contribution >= 4 is 50.9 Å². The number of sulfonamides is 1. The zero-order valence-corrected chi connectivity index (χ0v) is 17.1. The number of aliphatic imine (C=N–C) groups is 1. The van der Waals surface area contributed by atoms with Gasteiger partial charge in [0, 0.05) is 32.6 Å². The predicted molar refractivity (Wildman–Crippen MR) is 107 cm³/mol. The van der Waals surface area contributed by atoms with Crippen LogP contribution < -0.4 is 10.0 Å². The summed E-state index contributed by atoms with van der Waals surface area (Å²) >= 11 is 0. The SMILES string of the molecule is CN=C(NCCNS(C)(=O)=O)N(C)Cc1cc2ccccc2o1.I. The smallest absolute Gasteiger partial charge is 0.208 e. The van der Waals surface area contributed by atoms with Gasteiger partial charge in [-0.1, -0.05) is 18.2 Å². The second kappa shape index (κ2) is 9.23. The molecule has 0 amide bonds. The van der Waals surface area contributed by atoms with Crippen molar-refractivity contribution in [1.82, 2.24) is 14.9 Å². The van der Waals surface area contributed by atoms with Gasteiger partial charge in [0.1, 0.15) is 11.3 Å². The van der Waals surface area contributed by atoms with Gasteiger partial charge in [-0.2, -0.15) is 0 Å². The van der Waals surface area contributed by atoms with Gasteiger partial charge in [-0.05, 0) is 12.1 Å². The van der Waals surface area contributed by atoms with Crippen LogP contribution in [0, 0.1) is 0 Å². The molecule has 2 N–H and O–H groups in total. The highest BCUT2D eigenvalue weighted by molar-refractivity contribution is 14.0. The monoisotopic (exact) mass is 466 g/mol. The minimum atomic E-state index is -3.17. The number of halogens is 1. The molecule has 0 aliphatic rings. The zero-order chi connectivity index (χ0) is 16.9. The topological polar surface area (TPSA) is 86.9 Å². The number of furan rings is 1.